The van der Waals surface area contributed by atoms with Gasteiger partial charge in [-0.1, -0.05) is 6.07 Å². The Hall–Kier alpha value is -0.660. The second kappa shape index (κ2) is 7.38. The monoisotopic (exact) mass is 387 g/mol. The van der Waals surface area contributed by atoms with Gasteiger partial charge in [0.1, 0.15) is 0 Å². The molecule has 1 saturated heterocycles. The first-order valence-corrected chi connectivity index (χ1v) is 8.16. The first kappa shape index (κ1) is 15.7. The SMILES string of the molecule is CC1CCC(CN)CN1CC(=O)Nc1cccc(I)c1. The molecule has 110 valence electrons. The highest BCUT2D eigenvalue weighted by molar-refractivity contribution is 14.1. The fraction of sp³-hybridized carbons (Fsp3) is 0.533. The van der Waals surface area contributed by atoms with Crippen molar-refractivity contribution in [3.8, 4) is 0 Å². The number of likely N-dealkylation sites (tertiary alicyclic amines) is 1. The minimum absolute atomic E-state index is 0.0523. The van der Waals surface area contributed by atoms with Crippen LogP contribution in [0.2, 0.25) is 0 Å². The van der Waals surface area contributed by atoms with Crippen LogP contribution in [0.5, 0.6) is 0 Å². The molecule has 2 rings (SSSR count). The molecular weight excluding hydrogens is 365 g/mol. The highest BCUT2D eigenvalue weighted by Crippen LogP contribution is 2.21. The number of carbonyl (C=O) groups excluding carboxylic acids is 1. The number of rotatable bonds is 4. The molecule has 0 saturated carbocycles. The molecule has 0 aromatic heterocycles. The molecule has 0 aliphatic carbocycles. The Morgan fingerprint density at radius 1 is 1.50 bits per heavy atom. The molecule has 2 atom stereocenters. The van der Waals surface area contributed by atoms with E-state index in [1.165, 1.54) is 6.42 Å². The van der Waals surface area contributed by atoms with Crippen molar-refractivity contribution in [3.05, 3.63) is 27.8 Å². The zero-order valence-electron chi connectivity index (χ0n) is 11.8. The van der Waals surface area contributed by atoms with Crippen molar-refractivity contribution in [2.24, 2.45) is 11.7 Å². The molecule has 20 heavy (non-hydrogen) atoms. The molecule has 1 aliphatic heterocycles. The lowest BCUT2D eigenvalue weighted by molar-refractivity contribution is -0.118. The first-order chi connectivity index (χ1) is 9.58. The molecule has 0 bridgehead atoms. The largest absolute Gasteiger partial charge is 0.330 e. The van der Waals surface area contributed by atoms with Crippen LogP contribution < -0.4 is 11.1 Å². The van der Waals surface area contributed by atoms with E-state index in [1.807, 2.05) is 24.3 Å². The fourth-order valence-corrected chi connectivity index (χ4v) is 3.17. The zero-order chi connectivity index (χ0) is 14.5. The van der Waals surface area contributed by atoms with Crippen LogP contribution >= 0.6 is 22.6 Å². The van der Waals surface area contributed by atoms with Gasteiger partial charge in [-0.2, -0.15) is 0 Å². The number of hydrogen-bond donors (Lipinski definition) is 2. The molecule has 0 radical (unpaired) electrons. The summed E-state index contributed by atoms with van der Waals surface area (Å²) in [6.45, 7) is 4.27. The van der Waals surface area contributed by atoms with Gasteiger partial charge >= 0.3 is 0 Å². The van der Waals surface area contributed by atoms with Gasteiger partial charge in [-0.15, -0.1) is 0 Å². The van der Waals surface area contributed by atoms with Gasteiger partial charge in [0, 0.05) is 21.8 Å². The van der Waals surface area contributed by atoms with E-state index in [0.717, 1.165) is 22.2 Å². The van der Waals surface area contributed by atoms with E-state index in [0.29, 0.717) is 25.0 Å². The maximum Gasteiger partial charge on any atom is 0.238 e. The van der Waals surface area contributed by atoms with Crippen molar-refractivity contribution in [2.75, 3.05) is 25.0 Å². The van der Waals surface area contributed by atoms with Crippen LogP contribution in [0.15, 0.2) is 24.3 Å². The van der Waals surface area contributed by atoms with Gasteiger partial charge < -0.3 is 11.1 Å². The van der Waals surface area contributed by atoms with Crippen molar-refractivity contribution < 1.29 is 4.79 Å². The van der Waals surface area contributed by atoms with E-state index in [-0.39, 0.29) is 5.91 Å². The lowest BCUT2D eigenvalue weighted by Crippen LogP contribution is -2.47. The third-order valence-electron chi connectivity index (χ3n) is 3.90. The van der Waals surface area contributed by atoms with Crippen LogP contribution in [0.1, 0.15) is 19.8 Å². The molecule has 1 fully saturated rings. The number of piperidine rings is 1. The third-order valence-corrected chi connectivity index (χ3v) is 4.57. The third kappa shape index (κ3) is 4.43. The molecular formula is C15H22IN3O. The number of anilines is 1. The van der Waals surface area contributed by atoms with Gasteiger partial charge in [0.05, 0.1) is 6.54 Å². The molecule has 1 aromatic rings. The Bertz CT molecular complexity index is 466. The van der Waals surface area contributed by atoms with Crippen LogP contribution in [-0.2, 0) is 4.79 Å². The van der Waals surface area contributed by atoms with Gasteiger partial charge in [0.25, 0.3) is 0 Å². The number of halogens is 1. The van der Waals surface area contributed by atoms with E-state index in [1.54, 1.807) is 0 Å². The van der Waals surface area contributed by atoms with Gasteiger partial charge in [0.2, 0.25) is 5.91 Å². The van der Waals surface area contributed by atoms with E-state index in [9.17, 15) is 4.79 Å². The number of nitrogens with two attached hydrogens (primary N) is 1. The molecule has 3 N–H and O–H groups in total. The average molecular weight is 387 g/mol. The Kier molecular flexibility index (Phi) is 5.80. The summed E-state index contributed by atoms with van der Waals surface area (Å²) in [5, 5.41) is 2.97. The molecule has 1 aliphatic rings. The predicted molar refractivity (Wildman–Crippen MR) is 90.6 cm³/mol. The highest BCUT2D eigenvalue weighted by Gasteiger charge is 2.25. The van der Waals surface area contributed by atoms with Crippen molar-refractivity contribution >= 4 is 34.2 Å². The molecule has 1 amide bonds. The van der Waals surface area contributed by atoms with Gasteiger partial charge in [-0.25, -0.2) is 0 Å². The Morgan fingerprint density at radius 2 is 2.30 bits per heavy atom. The first-order valence-electron chi connectivity index (χ1n) is 7.08. The van der Waals surface area contributed by atoms with E-state index in [2.05, 4.69) is 39.7 Å². The Labute approximate surface area is 134 Å². The number of carbonyl (C=O) groups is 1. The zero-order valence-corrected chi connectivity index (χ0v) is 14.0. The lowest BCUT2D eigenvalue weighted by Gasteiger charge is -2.37. The highest BCUT2D eigenvalue weighted by atomic mass is 127. The van der Waals surface area contributed by atoms with Crippen molar-refractivity contribution in [2.45, 2.75) is 25.8 Å². The van der Waals surface area contributed by atoms with E-state index >= 15 is 0 Å². The summed E-state index contributed by atoms with van der Waals surface area (Å²) in [5.74, 6) is 0.577. The molecule has 4 nitrogen and oxygen atoms in total. The van der Waals surface area contributed by atoms with Crippen LogP contribution in [0.25, 0.3) is 0 Å². The van der Waals surface area contributed by atoms with Crippen LogP contribution in [0, 0.1) is 9.49 Å². The lowest BCUT2D eigenvalue weighted by atomic mass is 9.93. The fourth-order valence-electron chi connectivity index (χ4n) is 2.63. The average Bonchev–Trinajstić information content (AvgIpc) is 2.41. The number of hydrogen-bond acceptors (Lipinski definition) is 3. The van der Waals surface area contributed by atoms with Gasteiger partial charge in [-0.05, 0) is 73.0 Å². The second-order valence-corrected chi connectivity index (χ2v) is 6.76. The van der Waals surface area contributed by atoms with E-state index in [4.69, 9.17) is 5.73 Å². The summed E-state index contributed by atoms with van der Waals surface area (Å²) >= 11 is 2.24. The summed E-state index contributed by atoms with van der Waals surface area (Å²) in [6.07, 6.45) is 2.30. The normalized spacial score (nSPS) is 23.6. The minimum atomic E-state index is 0.0523. The number of nitrogens with one attached hydrogen (secondary N) is 1. The summed E-state index contributed by atoms with van der Waals surface area (Å²) < 4.78 is 1.12. The summed E-state index contributed by atoms with van der Waals surface area (Å²) in [6, 6.07) is 8.31. The summed E-state index contributed by atoms with van der Waals surface area (Å²) in [4.78, 5) is 14.4. The van der Waals surface area contributed by atoms with Crippen molar-refractivity contribution in [1.29, 1.82) is 0 Å². The predicted octanol–water partition coefficient (Wildman–Crippen LogP) is 2.29. The second-order valence-electron chi connectivity index (χ2n) is 5.52. The molecule has 0 spiro atoms. The van der Waals surface area contributed by atoms with E-state index < -0.39 is 0 Å². The number of benzene rings is 1. The quantitative estimate of drug-likeness (QED) is 0.780. The van der Waals surface area contributed by atoms with Crippen LogP contribution in [0.3, 0.4) is 0 Å². The van der Waals surface area contributed by atoms with Crippen LogP contribution in [-0.4, -0.2) is 36.5 Å². The number of amides is 1. The Morgan fingerprint density at radius 3 is 3.00 bits per heavy atom. The molecule has 5 heteroatoms. The summed E-state index contributed by atoms with van der Waals surface area (Å²) in [7, 11) is 0. The summed E-state index contributed by atoms with van der Waals surface area (Å²) in [5.41, 5.74) is 6.62. The standard InChI is InChI=1S/C15H22IN3O/c1-11-5-6-12(8-17)9-19(11)10-15(20)18-14-4-2-3-13(16)7-14/h2-4,7,11-12H,5-6,8-10,17H2,1H3,(H,18,20). The van der Waals surface area contributed by atoms with Gasteiger partial charge in [0.15, 0.2) is 0 Å². The number of nitrogens with zero attached hydrogens (tertiary/aromatic N) is 1. The topological polar surface area (TPSA) is 58.4 Å². The van der Waals surface area contributed by atoms with Crippen molar-refractivity contribution in [1.82, 2.24) is 4.90 Å². The molecule has 1 heterocycles. The maximum atomic E-state index is 12.1. The maximum absolute atomic E-state index is 12.1. The van der Waals surface area contributed by atoms with Crippen molar-refractivity contribution in [3.63, 3.8) is 0 Å². The van der Waals surface area contributed by atoms with Crippen LogP contribution in [0.4, 0.5) is 5.69 Å². The van der Waals surface area contributed by atoms with Gasteiger partial charge in [-0.3, -0.25) is 9.69 Å². The molecule has 1 aromatic carbocycles. The smallest absolute Gasteiger partial charge is 0.238 e. The Balaban J connectivity index is 1.90. The minimum Gasteiger partial charge on any atom is -0.330 e. The molecule has 2 unspecified atom stereocenters.